The van der Waals surface area contributed by atoms with Crippen LogP contribution in [0, 0.1) is 6.92 Å². The molecular formula is C5H8ClN3O2S. The molecule has 0 saturated heterocycles. The third-order valence-corrected chi connectivity index (χ3v) is 2.75. The molecule has 0 N–H and O–H groups in total. The normalized spacial score (nSPS) is 11.9. The van der Waals surface area contributed by atoms with Gasteiger partial charge in [-0.3, -0.25) is 0 Å². The van der Waals surface area contributed by atoms with Crippen molar-refractivity contribution in [3.63, 3.8) is 0 Å². The summed E-state index contributed by atoms with van der Waals surface area (Å²) in [6.45, 7) is 4.02. The van der Waals surface area contributed by atoms with Crippen LogP contribution < -0.4 is 0 Å². The minimum Gasteiger partial charge on any atom is -0.249 e. The Morgan fingerprint density at radius 2 is 2.17 bits per heavy atom. The fourth-order valence-corrected chi connectivity index (χ4v) is 1.89. The number of nitrogens with zero attached hydrogens (tertiary/aromatic N) is 3. The Balaban J connectivity index is 3.30. The molecule has 0 amide bonds. The Morgan fingerprint density at radius 3 is 2.42 bits per heavy atom. The summed E-state index contributed by atoms with van der Waals surface area (Å²) in [5, 5.41) is 6.89. The van der Waals surface area contributed by atoms with E-state index in [9.17, 15) is 8.42 Å². The molecule has 0 aromatic carbocycles. The van der Waals surface area contributed by atoms with Crippen LogP contribution in [-0.4, -0.2) is 23.4 Å². The molecule has 0 radical (unpaired) electrons. The summed E-state index contributed by atoms with van der Waals surface area (Å²) in [5.74, 6) is 0. The second-order valence-corrected chi connectivity index (χ2v) is 4.71. The van der Waals surface area contributed by atoms with Crippen LogP contribution in [0.25, 0.3) is 0 Å². The second-order valence-electron chi connectivity index (χ2n) is 2.23. The van der Waals surface area contributed by atoms with Crippen LogP contribution in [0.4, 0.5) is 0 Å². The average Bonchev–Trinajstić information content (AvgIpc) is 2.29. The summed E-state index contributed by atoms with van der Waals surface area (Å²) in [4.78, 5) is 0. The quantitative estimate of drug-likeness (QED) is 0.667. The maximum Gasteiger partial charge on any atom is 0.282 e. The highest BCUT2D eigenvalue weighted by Gasteiger charge is 2.19. The minimum atomic E-state index is -3.74. The molecule has 0 aliphatic rings. The Bertz CT molecular complexity index is 383. The molecule has 1 heterocycles. The fourth-order valence-electron chi connectivity index (χ4n) is 0.870. The Morgan fingerprint density at radius 1 is 1.58 bits per heavy atom. The number of halogens is 1. The van der Waals surface area contributed by atoms with E-state index in [0.29, 0.717) is 12.2 Å². The molecule has 1 aromatic heterocycles. The molecule has 1 rings (SSSR count). The fraction of sp³-hybridized carbons (Fsp3) is 0.600. The molecule has 0 aliphatic heterocycles. The highest BCUT2D eigenvalue weighted by Crippen LogP contribution is 2.15. The SMILES string of the molecule is CCn1nnc(S(=O)(=O)Cl)c1C. The Kier molecular flexibility index (Phi) is 2.39. The zero-order valence-electron chi connectivity index (χ0n) is 6.65. The van der Waals surface area contributed by atoms with Gasteiger partial charge in [0.1, 0.15) is 0 Å². The topological polar surface area (TPSA) is 64.8 Å². The number of hydrogen-bond acceptors (Lipinski definition) is 4. The van der Waals surface area contributed by atoms with Gasteiger partial charge >= 0.3 is 0 Å². The molecule has 0 atom stereocenters. The van der Waals surface area contributed by atoms with Crippen molar-refractivity contribution in [2.75, 3.05) is 0 Å². The van der Waals surface area contributed by atoms with E-state index in [1.165, 1.54) is 4.68 Å². The van der Waals surface area contributed by atoms with Gasteiger partial charge in [-0.2, -0.15) is 0 Å². The van der Waals surface area contributed by atoms with E-state index in [4.69, 9.17) is 10.7 Å². The largest absolute Gasteiger partial charge is 0.282 e. The van der Waals surface area contributed by atoms with E-state index >= 15 is 0 Å². The molecule has 0 unspecified atom stereocenters. The highest BCUT2D eigenvalue weighted by molar-refractivity contribution is 8.13. The van der Waals surface area contributed by atoms with Gasteiger partial charge in [-0.15, -0.1) is 5.10 Å². The van der Waals surface area contributed by atoms with Gasteiger partial charge in [0.15, 0.2) is 0 Å². The van der Waals surface area contributed by atoms with Crippen molar-refractivity contribution in [2.45, 2.75) is 25.4 Å². The van der Waals surface area contributed by atoms with Crippen molar-refractivity contribution in [3.8, 4) is 0 Å². The second kappa shape index (κ2) is 3.02. The van der Waals surface area contributed by atoms with Crippen molar-refractivity contribution in [3.05, 3.63) is 5.69 Å². The van der Waals surface area contributed by atoms with E-state index in [0.717, 1.165) is 0 Å². The third kappa shape index (κ3) is 1.59. The number of aromatic nitrogens is 3. The van der Waals surface area contributed by atoms with Crippen molar-refractivity contribution < 1.29 is 8.42 Å². The van der Waals surface area contributed by atoms with Gasteiger partial charge in [0.25, 0.3) is 9.05 Å². The first-order valence-electron chi connectivity index (χ1n) is 3.31. The molecule has 0 fully saturated rings. The third-order valence-electron chi connectivity index (χ3n) is 1.47. The molecule has 1 aromatic rings. The molecule has 0 spiro atoms. The summed E-state index contributed by atoms with van der Waals surface area (Å²) in [7, 11) is 1.35. The lowest BCUT2D eigenvalue weighted by atomic mass is 10.5. The zero-order chi connectivity index (χ0) is 9.35. The molecule has 12 heavy (non-hydrogen) atoms. The monoisotopic (exact) mass is 209 g/mol. The van der Waals surface area contributed by atoms with E-state index in [1.807, 2.05) is 6.92 Å². The van der Waals surface area contributed by atoms with Crippen LogP contribution in [0.2, 0.25) is 0 Å². The van der Waals surface area contributed by atoms with Gasteiger partial charge in [-0.1, -0.05) is 5.21 Å². The summed E-state index contributed by atoms with van der Waals surface area (Å²) < 4.78 is 23.1. The lowest BCUT2D eigenvalue weighted by Crippen LogP contribution is -2.00. The van der Waals surface area contributed by atoms with E-state index in [2.05, 4.69) is 10.3 Å². The summed E-state index contributed by atoms with van der Waals surface area (Å²) in [6, 6.07) is 0. The molecule has 0 saturated carbocycles. The summed E-state index contributed by atoms with van der Waals surface area (Å²) in [5.41, 5.74) is 0.465. The first-order valence-corrected chi connectivity index (χ1v) is 5.62. The van der Waals surface area contributed by atoms with Crippen LogP contribution in [0.5, 0.6) is 0 Å². The number of rotatable bonds is 2. The van der Waals surface area contributed by atoms with Gasteiger partial charge in [0.05, 0.1) is 5.69 Å². The Labute approximate surface area is 74.8 Å². The zero-order valence-corrected chi connectivity index (χ0v) is 8.22. The maximum absolute atomic E-state index is 10.8. The predicted molar refractivity (Wildman–Crippen MR) is 43.5 cm³/mol. The lowest BCUT2D eigenvalue weighted by molar-refractivity contribution is 0.605. The predicted octanol–water partition coefficient (Wildman–Crippen LogP) is 0.534. The average molecular weight is 210 g/mol. The minimum absolute atomic E-state index is 0.161. The molecule has 0 aliphatic carbocycles. The van der Waals surface area contributed by atoms with Crippen molar-refractivity contribution in [1.29, 1.82) is 0 Å². The molecule has 5 nitrogen and oxygen atoms in total. The number of hydrogen-bond donors (Lipinski definition) is 0. The van der Waals surface area contributed by atoms with Crippen LogP contribution >= 0.6 is 10.7 Å². The van der Waals surface area contributed by atoms with E-state index in [1.54, 1.807) is 6.92 Å². The molecule has 68 valence electrons. The first kappa shape index (κ1) is 9.47. The van der Waals surface area contributed by atoms with Crippen molar-refractivity contribution in [2.24, 2.45) is 0 Å². The van der Waals surface area contributed by atoms with Crippen LogP contribution in [0.3, 0.4) is 0 Å². The van der Waals surface area contributed by atoms with Crippen molar-refractivity contribution >= 4 is 19.7 Å². The van der Waals surface area contributed by atoms with Crippen molar-refractivity contribution in [1.82, 2.24) is 15.0 Å². The first-order chi connectivity index (χ1) is 5.46. The van der Waals surface area contributed by atoms with Gasteiger partial charge in [-0.25, -0.2) is 13.1 Å². The van der Waals surface area contributed by atoms with E-state index < -0.39 is 9.05 Å². The van der Waals surface area contributed by atoms with Gasteiger partial charge in [-0.05, 0) is 13.8 Å². The van der Waals surface area contributed by atoms with Crippen LogP contribution in [0.15, 0.2) is 5.03 Å². The van der Waals surface area contributed by atoms with E-state index in [-0.39, 0.29) is 5.03 Å². The molecule has 7 heteroatoms. The molecular weight excluding hydrogens is 202 g/mol. The lowest BCUT2D eigenvalue weighted by Gasteiger charge is -1.95. The summed E-state index contributed by atoms with van der Waals surface area (Å²) >= 11 is 0. The standard InChI is InChI=1S/C5H8ClN3O2S/c1-3-9-4(2)5(7-8-9)12(6,10)11/h3H2,1-2H3. The highest BCUT2D eigenvalue weighted by atomic mass is 35.7. The van der Waals surface area contributed by atoms with Gasteiger partial charge in [0.2, 0.25) is 5.03 Å². The van der Waals surface area contributed by atoms with Crippen LogP contribution in [0.1, 0.15) is 12.6 Å². The smallest absolute Gasteiger partial charge is 0.249 e. The van der Waals surface area contributed by atoms with Gasteiger partial charge < -0.3 is 0 Å². The Hall–Kier alpha value is -0.620. The maximum atomic E-state index is 10.8. The summed E-state index contributed by atoms with van der Waals surface area (Å²) in [6.07, 6.45) is 0. The number of aryl methyl sites for hydroxylation is 1. The van der Waals surface area contributed by atoms with Crippen LogP contribution in [-0.2, 0) is 15.6 Å². The van der Waals surface area contributed by atoms with Gasteiger partial charge in [0, 0.05) is 17.2 Å². The molecule has 0 bridgehead atoms.